The van der Waals surface area contributed by atoms with Crippen LogP contribution in [0.4, 0.5) is 0 Å². The molecule has 0 amide bonds. The van der Waals surface area contributed by atoms with Crippen molar-refractivity contribution < 1.29 is 11.7 Å². The molecule has 0 spiro atoms. The SMILES string of the molecule is [2H]c1c([2H])c([2H])c(-c2ccccc2P(O)C(C)C)c([2H])c1[2H]. The van der Waals surface area contributed by atoms with Crippen LogP contribution < -0.4 is 5.30 Å². The molecule has 0 fully saturated rings. The van der Waals surface area contributed by atoms with Gasteiger partial charge in [0.15, 0.2) is 0 Å². The van der Waals surface area contributed by atoms with Crippen LogP contribution in [0.5, 0.6) is 0 Å². The summed E-state index contributed by atoms with van der Waals surface area (Å²) < 4.78 is 39.4. The highest BCUT2D eigenvalue weighted by Gasteiger charge is 2.16. The van der Waals surface area contributed by atoms with Crippen LogP contribution in [0.25, 0.3) is 11.1 Å². The Morgan fingerprint density at radius 1 is 1.12 bits per heavy atom. The van der Waals surface area contributed by atoms with E-state index in [0.717, 1.165) is 0 Å². The Kier molecular flexibility index (Phi) is 2.34. The lowest BCUT2D eigenvalue weighted by molar-refractivity contribution is 0.624. The first-order valence-corrected chi connectivity index (χ1v) is 6.78. The maximum Gasteiger partial charge on any atom is 0.0629 e. The predicted octanol–water partition coefficient (Wildman–Crippen LogP) is 3.78. The van der Waals surface area contributed by atoms with E-state index >= 15 is 0 Å². The minimum Gasteiger partial charge on any atom is -0.369 e. The van der Waals surface area contributed by atoms with Gasteiger partial charge in [-0.3, -0.25) is 0 Å². The van der Waals surface area contributed by atoms with Crippen molar-refractivity contribution in [1.29, 1.82) is 0 Å². The first-order chi connectivity index (χ1) is 10.3. The molecule has 1 nitrogen and oxygen atoms in total. The molecular formula is C15H17OP. The third kappa shape index (κ3) is 2.74. The molecule has 2 aromatic rings. The van der Waals surface area contributed by atoms with E-state index in [1.54, 1.807) is 24.3 Å². The number of rotatable bonds is 3. The van der Waals surface area contributed by atoms with Gasteiger partial charge in [0.2, 0.25) is 0 Å². The highest BCUT2D eigenvalue weighted by molar-refractivity contribution is 7.60. The van der Waals surface area contributed by atoms with E-state index < -0.39 is 14.2 Å². The van der Waals surface area contributed by atoms with Crippen molar-refractivity contribution in [2.24, 2.45) is 0 Å². The third-order valence-corrected chi connectivity index (χ3v) is 4.27. The number of benzene rings is 2. The van der Waals surface area contributed by atoms with Crippen LogP contribution >= 0.6 is 8.15 Å². The normalized spacial score (nSPS) is 16.8. The Morgan fingerprint density at radius 3 is 2.41 bits per heavy atom. The molecule has 2 rings (SSSR count). The van der Waals surface area contributed by atoms with Crippen LogP contribution in [0.3, 0.4) is 0 Å². The standard InChI is InChI=1S/C15H17OP/c1-12(2)17(16)15-11-7-6-10-14(15)13-8-4-3-5-9-13/h3-12,16H,1-2H3/i3D,4D,5D,8D,9D. The van der Waals surface area contributed by atoms with E-state index in [1.165, 1.54) is 0 Å². The summed E-state index contributed by atoms with van der Waals surface area (Å²) in [5.74, 6) is 0. The molecule has 0 aromatic heterocycles. The highest BCUT2D eigenvalue weighted by Crippen LogP contribution is 2.38. The smallest absolute Gasteiger partial charge is 0.0629 e. The molecule has 1 unspecified atom stereocenters. The molecular weight excluding hydrogens is 227 g/mol. The van der Waals surface area contributed by atoms with Crippen LogP contribution in [0.1, 0.15) is 20.7 Å². The molecule has 0 aliphatic carbocycles. The first kappa shape index (κ1) is 7.31. The monoisotopic (exact) mass is 249 g/mol. The van der Waals surface area contributed by atoms with E-state index in [9.17, 15) is 4.89 Å². The maximum absolute atomic E-state index is 10.4. The number of hydrogen-bond donors (Lipinski definition) is 1. The van der Waals surface area contributed by atoms with Crippen LogP contribution in [0.15, 0.2) is 54.5 Å². The van der Waals surface area contributed by atoms with E-state index in [4.69, 9.17) is 6.85 Å². The largest absolute Gasteiger partial charge is 0.369 e. The fourth-order valence-corrected chi connectivity index (χ4v) is 2.78. The topological polar surface area (TPSA) is 20.2 Å². The first-order valence-electron chi connectivity index (χ1n) is 7.91. The summed E-state index contributed by atoms with van der Waals surface area (Å²) >= 11 is 0. The molecule has 0 heterocycles. The van der Waals surface area contributed by atoms with Gasteiger partial charge in [0.25, 0.3) is 0 Å². The summed E-state index contributed by atoms with van der Waals surface area (Å²) in [5.41, 5.74) is 0.659. The molecule has 0 saturated heterocycles. The van der Waals surface area contributed by atoms with Gasteiger partial charge < -0.3 is 4.89 Å². The van der Waals surface area contributed by atoms with Gasteiger partial charge in [0.05, 0.1) is 15.0 Å². The summed E-state index contributed by atoms with van der Waals surface area (Å²) in [6.45, 7) is 3.79. The Morgan fingerprint density at radius 2 is 1.76 bits per heavy atom. The average molecular weight is 249 g/mol. The highest BCUT2D eigenvalue weighted by atomic mass is 31.1. The molecule has 88 valence electrons. The Hall–Kier alpha value is -1.17. The van der Waals surface area contributed by atoms with Gasteiger partial charge >= 0.3 is 0 Å². The van der Waals surface area contributed by atoms with Crippen molar-refractivity contribution >= 4 is 13.5 Å². The minimum atomic E-state index is -1.47. The molecule has 0 bridgehead atoms. The van der Waals surface area contributed by atoms with Gasteiger partial charge in [-0.15, -0.1) is 0 Å². The minimum absolute atomic E-state index is 0.0147. The summed E-state index contributed by atoms with van der Waals surface area (Å²) in [7, 11) is -1.47. The fraction of sp³-hybridized carbons (Fsp3) is 0.200. The van der Waals surface area contributed by atoms with Crippen LogP contribution in [-0.4, -0.2) is 10.6 Å². The fourth-order valence-electron chi connectivity index (χ4n) is 1.55. The van der Waals surface area contributed by atoms with E-state index in [0.29, 0.717) is 10.9 Å². The molecule has 0 radical (unpaired) electrons. The van der Waals surface area contributed by atoms with Gasteiger partial charge in [-0.05, 0) is 11.1 Å². The van der Waals surface area contributed by atoms with Crippen molar-refractivity contribution in [3.63, 3.8) is 0 Å². The Labute approximate surface area is 111 Å². The van der Waals surface area contributed by atoms with Crippen molar-refractivity contribution in [3.8, 4) is 11.1 Å². The summed E-state index contributed by atoms with van der Waals surface area (Å²) in [6.07, 6.45) is 0. The average Bonchev–Trinajstić information content (AvgIpc) is 2.51. The second-order valence-corrected chi connectivity index (χ2v) is 6.16. The van der Waals surface area contributed by atoms with Crippen LogP contribution in [-0.2, 0) is 0 Å². The van der Waals surface area contributed by atoms with Crippen LogP contribution in [0, 0.1) is 0 Å². The molecule has 0 saturated carbocycles. The molecule has 2 aromatic carbocycles. The van der Waals surface area contributed by atoms with Crippen LogP contribution in [0.2, 0.25) is 0 Å². The molecule has 2 heteroatoms. The molecule has 0 aliphatic rings. The van der Waals surface area contributed by atoms with Crippen molar-refractivity contribution in [2.75, 3.05) is 0 Å². The molecule has 17 heavy (non-hydrogen) atoms. The predicted molar refractivity (Wildman–Crippen MR) is 75.8 cm³/mol. The second-order valence-electron chi connectivity index (χ2n) is 3.96. The van der Waals surface area contributed by atoms with E-state index in [1.807, 2.05) is 13.8 Å². The molecule has 1 atom stereocenters. The van der Waals surface area contributed by atoms with E-state index in [2.05, 4.69) is 0 Å². The zero-order valence-corrected chi connectivity index (χ0v) is 10.7. The lowest BCUT2D eigenvalue weighted by Crippen LogP contribution is -2.10. The molecule has 0 aliphatic heterocycles. The summed E-state index contributed by atoms with van der Waals surface area (Å²) in [4.78, 5) is 10.4. The third-order valence-electron chi connectivity index (χ3n) is 2.41. The van der Waals surface area contributed by atoms with Crippen molar-refractivity contribution in [2.45, 2.75) is 19.5 Å². The lowest BCUT2D eigenvalue weighted by atomic mass is 10.1. The number of hydrogen-bond acceptors (Lipinski definition) is 1. The van der Waals surface area contributed by atoms with Gasteiger partial charge in [0, 0.05) is 11.0 Å². The summed E-state index contributed by atoms with van der Waals surface area (Å²) in [6, 6.07) is 5.34. The summed E-state index contributed by atoms with van der Waals surface area (Å²) in [5, 5.41) is 0.631. The van der Waals surface area contributed by atoms with Gasteiger partial charge in [-0.25, -0.2) is 0 Å². The maximum atomic E-state index is 10.4. The zero-order valence-electron chi connectivity index (χ0n) is 14.8. The Balaban J connectivity index is 2.79. The van der Waals surface area contributed by atoms with Crippen molar-refractivity contribution in [1.82, 2.24) is 0 Å². The van der Waals surface area contributed by atoms with Gasteiger partial charge in [-0.1, -0.05) is 68.3 Å². The lowest BCUT2D eigenvalue weighted by Gasteiger charge is -2.18. The second kappa shape index (κ2) is 5.44. The van der Waals surface area contributed by atoms with Gasteiger partial charge in [-0.2, -0.15) is 0 Å². The van der Waals surface area contributed by atoms with Gasteiger partial charge in [0.1, 0.15) is 0 Å². The quantitative estimate of drug-likeness (QED) is 0.821. The zero-order chi connectivity index (χ0) is 16.6. The molecule has 1 N–H and O–H groups in total. The van der Waals surface area contributed by atoms with Crippen molar-refractivity contribution in [3.05, 3.63) is 54.5 Å². The van der Waals surface area contributed by atoms with E-state index in [-0.39, 0.29) is 35.4 Å². The Bertz CT molecular complexity index is 688.